The van der Waals surface area contributed by atoms with Gasteiger partial charge in [0.15, 0.2) is 5.69 Å². The molecular weight excluding hydrogens is 222 g/mol. The van der Waals surface area contributed by atoms with Crippen molar-refractivity contribution in [3.05, 3.63) is 32.9 Å². The second-order valence-electron chi connectivity index (χ2n) is 2.67. The number of aryl methyl sites for hydroxylation is 1. The minimum absolute atomic E-state index is 0.393. The molecule has 66 valence electrons. The highest BCUT2D eigenvalue weighted by Gasteiger charge is 2.11. The van der Waals surface area contributed by atoms with Crippen LogP contribution in [-0.2, 0) is 0 Å². The van der Waals surface area contributed by atoms with Crippen molar-refractivity contribution in [1.82, 2.24) is 0 Å². The van der Waals surface area contributed by atoms with Crippen molar-refractivity contribution in [2.45, 2.75) is 13.8 Å². The maximum atomic E-state index is 10.8. The van der Waals surface area contributed by atoms with E-state index in [0.29, 0.717) is 5.69 Å². The molecule has 0 spiro atoms. The van der Waals surface area contributed by atoms with E-state index in [1.165, 1.54) is 0 Å². The van der Waals surface area contributed by atoms with Gasteiger partial charge >= 0.3 is 0 Å². The van der Waals surface area contributed by atoms with Gasteiger partial charge in [0.05, 0.1) is 0 Å². The molecule has 0 aliphatic carbocycles. The Hall–Kier alpha value is -0.420. The van der Waals surface area contributed by atoms with Crippen molar-refractivity contribution in [3.8, 4) is 0 Å². The normalized spacial score (nSPS) is 13.1. The van der Waals surface area contributed by atoms with E-state index in [1.54, 1.807) is 19.9 Å². The van der Waals surface area contributed by atoms with Gasteiger partial charge in [0.25, 0.3) is 0 Å². The van der Waals surface area contributed by atoms with Crippen molar-refractivity contribution >= 4 is 21.6 Å². The van der Waals surface area contributed by atoms with Gasteiger partial charge < -0.3 is 5.21 Å². The predicted octanol–water partition coefficient (Wildman–Crippen LogP) is 1.47. The van der Waals surface area contributed by atoms with E-state index in [0.717, 1.165) is 15.6 Å². The molecule has 0 radical (unpaired) electrons. The summed E-state index contributed by atoms with van der Waals surface area (Å²) in [6.45, 7) is 3.59. The average molecular weight is 232 g/mol. The van der Waals surface area contributed by atoms with Crippen LogP contribution < -0.4 is 5.23 Å². The molecule has 3 nitrogen and oxygen atoms in total. The summed E-state index contributed by atoms with van der Waals surface area (Å²) in [5, 5.41) is 18.8. The third-order valence-electron chi connectivity index (χ3n) is 1.82. The number of hydrogen-bond donors (Lipinski definition) is 2. The Bertz CT molecular complexity index is 299. The van der Waals surface area contributed by atoms with Gasteiger partial charge in [-0.2, -0.15) is 5.23 Å². The number of rotatable bonds is 1. The number of quaternary nitrogens is 1. The molecule has 1 aromatic rings. The lowest BCUT2D eigenvalue weighted by atomic mass is 10.1. The lowest BCUT2D eigenvalue weighted by Gasteiger charge is -2.16. The minimum Gasteiger partial charge on any atom is -0.595 e. The van der Waals surface area contributed by atoms with E-state index >= 15 is 0 Å². The molecule has 1 aromatic carbocycles. The summed E-state index contributed by atoms with van der Waals surface area (Å²) in [5.41, 5.74) is 1.97. The van der Waals surface area contributed by atoms with Gasteiger partial charge in [-0.05, 0) is 19.9 Å². The molecule has 0 saturated carbocycles. The predicted molar refractivity (Wildman–Crippen MR) is 49.4 cm³/mol. The van der Waals surface area contributed by atoms with Crippen molar-refractivity contribution in [2.75, 3.05) is 0 Å². The molecule has 0 amide bonds. The topological polar surface area (TPSA) is 47.7 Å². The van der Waals surface area contributed by atoms with E-state index < -0.39 is 5.23 Å². The summed E-state index contributed by atoms with van der Waals surface area (Å²) in [4.78, 5) is 0. The van der Waals surface area contributed by atoms with Crippen LogP contribution in [-0.4, -0.2) is 5.21 Å². The first-order chi connectivity index (χ1) is 5.54. The Morgan fingerprint density at radius 2 is 2.00 bits per heavy atom. The van der Waals surface area contributed by atoms with E-state index in [9.17, 15) is 5.21 Å². The van der Waals surface area contributed by atoms with Crippen LogP contribution in [0.25, 0.3) is 0 Å². The SMILES string of the molecule is Cc1ccc(Br)c(C)c1[NH+]([O-])O. The van der Waals surface area contributed by atoms with E-state index in [1.807, 2.05) is 6.07 Å². The lowest BCUT2D eigenvalue weighted by molar-refractivity contribution is -0.991. The molecule has 0 fully saturated rings. The van der Waals surface area contributed by atoms with Gasteiger partial charge in [-0.1, -0.05) is 22.0 Å². The van der Waals surface area contributed by atoms with Crippen LogP contribution in [0.3, 0.4) is 0 Å². The number of nitrogens with one attached hydrogen (secondary N) is 1. The summed E-state index contributed by atoms with van der Waals surface area (Å²) in [6, 6.07) is 3.65. The summed E-state index contributed by atoms with van der Waals surface area (Å²) in [7, 11) is 0. The molecule has 2 N–H and O–H groups in total. The fourth-order valence-electron chi connectivity index (χ4n) is 1.15. The molecule has 0 aromatic heterocycles. The summed E-state index contributed by atoms with van der Waals surface area (Å²) in [6.07, 6.45) is 0. The first kappa shape index (κ1) is 9.67. The molecule has 1 rings (SSSR count). The van der Waals surface area contributed by atoms with Crippen molar-refractivity contribution in [2.24, 2.45) is 0 Å². The minimum atomic E-state index is -0.869. The number of benzene rings is 1. The van der Waals surface area contributed by atoms with Crippen LogP contribution in [0.5, 0.6) is 0 Å². The van der Waals surface area contributed by atoms with Crippen LogP contribution in [0.2, 0.25) is 0 Å². The lowest BCUT2D eigenvalue weighted by Crippen LogP contribution is -2.99. The van der Waals surface area contributed by atoms with Gasteiger partial charge in [0.1, 0.15) is 0 Å². The van der Waals surface area contributed by atoms with E-state index in [2.05, 4.69) is 15.9 Å². The molecule has 4 heteroatoms. The van der Waals surface area contributed by atoms with Gasteiger partial charge in [-0.15, -0.1) is 0 Å². The number of halogens is 1. The molecule has 0 bridgehead atoms. The average Bonchev–Trinajstić information content (AvgIpc) is 1.97. The Morgan fingerprint density at radius 1 is 1.42 bits per heavy atom. The van der Waals surface area contributed by atoms with Crippen LogP contribution in [0.4, 0.5) is 5.69 Å². The Kier molecular flexibility index (Phi) is 2.85. The molecule has 1 atom stereocenters. The van der Waals surface area contributed by atoms with Gasteiger partial charge in [-0.25, -0.2) is 5.21 Å². The van der Waals surface area contributed by atoms with Crippen molar-refractivity contribution < 1.29 is 10.4 Å². The first-order valence-corrected chi connectivity index (χ1v) is 4.32. The monoisotopic (exact) mass is 231 g/mol. The van der Waals surface area contributed by atoms with Crippen LogP contribution >= 0.6 is 15.9 Å². The number of hydrogen-bond acceptors (Lipinski definition) is 2. The highest BCUT2D eigenvalue weighted by Crippen LogP contribution is 2.23. The zero-order chi connectivity index (χ0) is 9.30. The third kappa shape index (κ3) is 1.67. The fourth-order valence-corrected chi connectivity index (χ4v) is 1.48. The standard InChI is InChI=1S/C8H10BrNO2/c1-5-3-4-7(9)6(2)8(5)10(11)12/h3-4,10-11H,1-2H3. The van der Waals surface area contributed by atoms with Crippen molar-refractivity contribution in [1.29, 1.82) is 0 Å². The fraction of sp³-hybridized carbons (Fsp3) is 0.250. The molecule has 1 unspecified atom stereocenters. The summed E-state index contributed by atoms with van der Waals surface area (Å²) in [5.74, 6) is 0. The second kappa shape index (κ2) is 3.53. The maximum Gasteiger partial charge on any atom is 0.170 e. The molecule has 0 aliphatic rings. The van der Waals surface area contributed by atoms with Gasteiger partial charge in [0.2, 0.25) is 0 Å². The molecule has 0 heterocycles. The quantitative estimate of drug-likeness (QED) is 0.720. The van der Waals surface area contributed by atoms with Crippen LogP contribution in [0.1, 0.15) is 11.1 Å². The zero-order valence-corrected chi connectivity index (χ0v) is 8.47. The maximum absolute atomic E-state index is 10.8. The highest BCUT2D eigenvalue weighted by atomic mass is 79.9. The largest absolute Gasteiger partial charge is 0.595 e. The summed E-state index contributed by atoms with van der Waals surface area (Å²) >= 11 is 3.29. The zero-order valence-electron chi connectivity index (χ0n) is 6.89. The van der Waals surface area contributed by atoms with Crippen LogP contribution in [0, 0.1) is 19.1 Å². The van der Waals surface area contributed by atoms with Gasteiger partial charge in [-0.3, -0.25) is 0 Å². The molecule has 0 aliphatic heterocycles. The Morgan fingerprint density at radius 3 is 2.42 bits per heavy atom. The first-order valence-electron chi connectivity index (χ1n) is 3.53. The smallest absolute Gasteiger partial charge is 0.170 e. The van der Waals surface area contributed by atoms with Gasteiger partial charge in [0, 0.05) is 15.6 Å². The highest BCUT2D eigenvalue weighted by molar-refractivity contribution is 9.10. The Balaban J connectivity index is 3.33. The van der Waals surface area contributed by atoms with E-state index in [-0.39, 0.29) is 0 Å². The second-order valence-corrected chi connectivity index (χ2v) is 3.52. The van der Waals surface area contributed by atoms with Crippen LogP contribution in [0.15, 0.2) is 16.6 Å². The third-order valence-corrected chi connectivity index (χ3v) is 2.68. The Labute approximate surface area is 79.3 Å². The molecule has 0 saturated heterocycles. The summed E-state index contributed by atoms with van der Waals surface area (Å²) < 4.78 is 0.838. The molecule has 12 heavy (non-hydrogen) atoms. The molecular formula is C8H10BrNO2. The van der Waals surface area contributed by atoms with Crippen molar-refractivity contribution in [3.63, 3.8) is 0 Å². The van der Waals surface area contributed by atoms with E-state index in [4.69, 9.17) is 5.21 Å².